The van der Waals surface area contributed by atoms with Gasteiger partial charge < -0.3 is 5.11 Å². The molecule has 0 saturated heterocycles. The van der Waals surface area contributed by atoms with Crippen molar-refractivity contribution in [3.63, 3.8) is 0 Å². The molecule has 0 unspecified atom stereocenters. The lowest BCUT2D eigenvalue weighted by molar-refractivity contribution is 0.372. The molecule has 0 fully saturated rings. The molecule has 1 nitrogen and oxygen atoms in total. The number of hydrogen-bond donors (Lipinski definition) is 1. The summed E-state index contributed by atoms with van der Waals surface area (Å²) in [5.41, 5.74) is 1.60. The van der Waals surface area contributed by atoms with Gasteiger partial charge >= 0.3 is 0 Å². The van der Waals surface area contributed by atoms with Gasteiger partial charge in [0.05, 0.1) is 0 Å². The highest BCUT2D eigenvalue weighted by Gasteiger charge is 2.15. The second-order valence-electron chi connectivity index (χ2n) is 3.59. The monoisotopic (exact) mass is 192 g/mol. The topological polar surface area (TPSA) is 20.2 Å². The first-order valence-corrected chi connectivity index (χ1v) is 4.92. The van der Waals surface area contributed by atoms with Gasteiger partial charge in [0.25, 0.3) is 0 Å². The van der Waals surface area contributed by atoms with Crippen LogP contribution in [0.2, 0.25) is 0 Å². The maximum atomic E-state index is 13.0. The second kappa shape index (κ2) is 3.82. The summed E-state index contributed by atoms with van der Waals surface area (Å²) in [6, 6.07) is 0. The molecular formula is C12H13FO. The predicted octanol–water partition coefficient (Wildman–Crippen LogP) is 3.72. The molecule has 0 spiro atoms. The molecular weight excluding hydrogens is 179 g/mol. The minimum Gasteiger partial charge on any atom is -0.512 e. The number of aliphatic hydroxyl groups excluding tert-OH is 1. The molecule has 2 aliphatic carbocycles. The van der Waals surface area contributed by atoms with Crippen LogP contribution in [0.1, 0.15) is 25.7 Å². The first-order chi connectivity index (χ1) is 6.77. The zero-order chi connectivity index (χ0) is 9.97. The summed E-state index contributed by atoms with van der Waals surface area (Å²) in [4.78, 5) is 0. The lowest BCUT2D eigenvalue weighted by Gasteiger charge is -2.15. The van der Waals surface area contributed by atoms with Gasteiger partial charge in [-0.05, 0) is 24.5 Å². The van der Waals surface area contributed by atoms with Crippen molar-refractivity contribution in [2.45, 2.75) is 25.7 Å². The first kappa shape index (κ1) is 9.25. The van der Waals surface area contributed by atoms with Gasteiger partial charge in [0.1, 0.15) is 11.6 Å². The van der Waals surface area contributed by atoms with E-state index in [-0.39, 0.29) is 5.83 Å². The third-order valence-electron chi connectivity index (χ3n) is 2.52. The van der Waals surface area contributed by atoms with Gasteiger partial charge in [0.2, 0.25) is 0 Å². The smallest absolute Gasteiger partial charge is 0.101 e. The zero-order valence-electron chi connectivity index (χ0n) is 7.96. The van der Waals surface area contributed by atoms with Crippen LogP contribution in [0, 0.1) is 0 Å². The Balaban J connectivity index is 2.32. The van der Waals surface area contributed by atoms with Crippen molar-refractivity contribution in [2.24, 2.45) is 0 Å². The average Bonchev–Trinajstić information content (AvgIpc) is 2.23. The van der Waals surface area contributed by atoms with Gasteiger partial charge in [0.15, 0.2) is 0 Å². The van der Waals surface area contributed by atoms with E-state index < -0.39 is 0 Å². The molecule has 2 rings (SSSR count). The summed E-state index contributed by atoms with van der Waals surface area (Å²) in [7, 11) is 0. The van der Waals surface area contributed by atoms with Crippen molar-refractivity contribution in [3.05, 3.63) is 47.0 Å². The van der Waals surface area contributed by atoms with E-state index >= 15 is 0 Å². The van der Waals surface area contributed by atoms with Crippen molar-refractivity contribution in [2.75, 3.05) is 0 Å². The second-order valence-corrected chi connectivity index (χ2v) is 3.59. The van der Waals surface area contributed by atoms with Crippen LogP contribution >= 0.6 is 0 Å². The molecule has 2 aliphatic rings. The average molecular weight is 192 g/mol. The van der Waals surface area contributed by atoms with Crippen LogP contribution in [0.5, 0.6) is 0 Å². The minimum atomic E-state index is -0.141. The fourth-order valence-corrected chi connectivity index (χ4v) is 1.75. The normalized spacial score (nSPS) is 22.1. The van der Waals surface area contributed by atoms with E-state index in [4.69, 9.17) is 0 Å². The van der Waals surface area contributed by atoms with Gasteiger partial charge in [-0.25, -0.2) is 4.39 Å². The zero-order valence-corrected chi connectivity index (χ0v) is 7.96. The highest BCUT2D eigenvalue weighted by molar-refractivity contribution is 5.50. The number of aliphatic hydroxyl groups is 1. The molecule has 0 bridgehead atoms. The maximum Gasteiger partial charge on any atom is 0.101 e. The van der Waals surface area contributed by atoms with Crippen molar-refractivity contribution in [1.82, 2.24) is 0 Å². The summed E-state index contributed by atoms with van der Waals surface area (Å²) >= 11 is 0. The summed E-state index contributed by atoms with van der Waals surface area (Å²) in [6.07, 6.45) is 10.2. The number of rotatable bonds is 1. The summed E-state index contributed by atoms with van der Waals surface area (Å²) in [6.45, 7) is 0. The number of allylic oxidation sites excluding steroid dienone is 8. The van der Waals surface area contributed by atoms with Crippen LogP contribution < -0.4 is 0 Å². The molecule has 0 aromatic heterocycles. The van der Waals surface area contributed by atoms with Crippen molar-refractivity contribution < 1.29 is 9.50 Å². The van der Waals surface area contributed by atoms with E-state index in [1.165, 1.54) is 6.08 Å². The summed E-state index contributed by atoms with van der Waals surface area (Å²) < 4.78 is 13.0. The van der Waals surface area contributed by atoms with Crippen LogP contribution in [-0.2, 0) is 0 Å². The molecule has 74 valence electrons. The molecule has 0 saturated carbocycles. The van der Waals surface area contributed by atoms with Gasteiger partial charge in [-0.3, -0.25) is 0 Å². The van der Waals surface area contributed by atoms with Crippen LogP contribution in [0.4, 0.5) is 4.39 Å². The summed E-state index contributed by atoms with van der Waals surface area (Å²) in [5.74, 6) is 0.168. The maximum absolute atomic E-state index is 13.0. The third kappa shape index (κ3) is 1.79. The molecule has 0 amide bonds. The van der Waals surface area contributed by atoms with Gasteiger partial charge in [0, 0.05) is 18.4 Å². The molecule has 0 aliphatic heterocycles. The van der Waals surface area contributed by atoms with Crippen molar-refractivity contribution >= 4 is 0 Å². The standard InChI is InChI=1S/C12H13FO/c13-10-6-7-12(14)11(8-10)9-4-2-1-3-5-9/h2,4-5,8,14H,1,3,6-7H2. The molecule has 0 aromatic rings. The minimum absolute atomic E-state index is 0.141. The Bertz CT molecular complexity index is 359. The largest absolute Gasteiger partial charge is 0.512 e. The third-order valence-corrected chi connectivity index (χ3v) is 2.52. The molecule has 1 N–H and O–H groups in total. The van der Waals surface area contributed by atoms with Gasteiger partial charge in [-0.2, -0.15) is 0 Å². The summed E-state index contributed by atoms with van der Waals surface area (Å²) in [5, 5.41) is 9.63. The first-order valence-electron chi connectivity index (χ1n) is 4.92. The van der Waals surface area contributed by atoms with Gasteiger partial charge in [-0.15, -0.1) is 0 Å². The Morgan fingerprint density at radius 1 is 1.21 bits per heavy atom. The highest BCUT2D eigenvalue weighted by atomic mass is 19.1. The number of hydrogen-bond acceptors (Lipinski definition) is 1. The van der Waals surface area contributed by atoms with Crippen LogP contribution in [0.3, 0.4) is 0 Å². The van der Waals surface area contributed by atoms with E-state index in [2.05, 4.69) is 6.08 Å². The lowest BCUT2D eigenvalue weighted by Crippen LogP contribution is -2.00. The Kier molecular flexibility index (Phi) is 2.53. The number of halogens is 1. The molecule has 0 atom stereocenters. The highest BCUT2D eigenvalue weighted by Crippen LogP contribution is 2.29. The Hall–Kier alpha value is -1.31. The van der Waals surface area contributed by atoms with Crippen LogP contribution in [0.15, 0.2) is 47.0 Å². The Morgan fingerprint density at radius 3 is 2.79 bits per heavy atom. The van der Waals surface area contributed by atoms with E-state index in [1.54, 1.807) is 0 Å². The molecule has 2 heteroatoms. The van der Waals surface area contributed by atoms with Crippen LogP contribution in [-0.4, -0.2) is 5.11 Å². The Morgan fingerprint density at radius 2 is 2.07 bits per heavy atom. The van der Waals surface area contributed by atoms with Crippen molar-refractivity contribution in [1.29, 1.82) is 0 Å². The van der Waals surface area contributed by atoms with E-state index in [0.29, 0.717) is 24.2 Å². The molecule has 0 aromatic carbocycles. The fraction of sp³-hybridized carbons (Fsp3) is 0.333. The van der Waals surface area contributed by atoms with E-state index in [9.17, 15) is 9.50 Å². The SMILES string of the molecule is OC1=C(C2=CCCC=C2)C=C(F)CC1. The quantitative estimate of drug-likeness (QED) is 0.671. The molecule has 14 heavy (non-hydrogen) atoms. The van der Waals surface area contributed by atoms with Crippen LogP contribution in [0.25, 0.3) is 0 Å². The lowest BCUT2D eigenvalue weighted by atomic mass is 9.94. The van der Waals surface area contributed by atoms with E-state index in [1.807, 2.05) is 12.2 Å². The molecule has 0 heterocycles. The predicted molar refractivity (Wildman–Crippen MR) is 54.5 cm³/mol. The van der Waals surface area contributed by atoms with Crippen molar-refractivity contribution in [3.8, 4) is 0 Å². The fourth-order valence-electron chi connectivity index (χ4n) is 1.75. The molecule has 0 radical (unpaired) electrons. The van der Waals surface area contributed by atoms with Gasteiger partial charge in [-0.1, -0.05) is 18.2 Å². The Labute approximate surface area is 82.9 Å². The van der Waals surface area contributed by atoms with E-state index in [0.717, 1.165) is 18.4 Å².